The van der Waals surface area contributed by atoms with Crippen molar-refractivity contribution < 1.29 is 44.3 Å². The zero-order valence-corrected chi connectivity index (χ0v) is 11.7. The molecule has 0 saturated carbocycles. The second kappa shape index (κ2) is 6.43. The van der Waals surface area contributed by atoms with Gasteiger partial charge in [0, 0.05) is 24.5 Å². The normalized spacial score (nSPS) is 16.0. The van der Waals surface area contributed by atoms with E-state index in [1.807, 2.05) is 0 Å². The molecule has 0 saturated heterocycles. The quantitative estimate of drug-likeness (QED) is 0.496. The fraction of sp³-hybridized carbons (Fsp3) is 0.889. The van der Waals surface area contributed by atoms with E-state index in [-0.39, 0.29) is 0 Å². The number of carbonyl (C=O) groups excluding carboxylic acids is 1. The van der Waals surface area contributed by atoms with Crippen LogP contribution in [0.4, 0.5) is 39.5 Å². The third-order valence-corrected chi connectivity index (χ3v) is 3.62. The van der Waals surface area contributed by atoms with Crippen molar-refractivity contribution >= 4 is 28.5 Å². The van der Waals surface area contributed by atoms with Crippen LogP contribution in [0.3, 0.4) is 0 Å². The zero-order valence-electron chi connectivity index (χ0n) is 10.1. The Bertz CT molecular complexity index is 382. The summed E-state index contributed by atoms with van der Waals surface area (Å²) >= 11 is 5.51. The smallest absolute Gasteiger partial charge is 0.288 e. The van der Waals surface area contributed by atoms with E-state index in [4.69, 9.17) is 11.6 Å². The van der Waals surface area contributed by atoms with Crippen LogP contribution in [0.25, 0.3) is 0 Å². The molecule has 0 amide bonds. The molecular weight excluding hydrogens is 363 g/mol. The summed E-state index contributed by atoms with van der Waals surface area (Å²) in [6.07, 6.45) is -9.00. The second-order valence-corrected chi connectivity index (χ2v) is 5.77. The van der Waals surface area contributed by atoms with Gasteiger partial charge in [-0.15, -0.1) is 11.6 Å². The van der Waals surface area contributed by atoms with Crippen molar-refractivity contribution in [2.45, 2.75) is 42.7 Å². The van der Waals surface area contributed by atoms with E-state index in [9.17, 15) is 44.3 Å². The van der Waals surface area contributed by atoms with Crippen LogP contribution in [-0.2, 0) is 4.79 Å². The Kier molecular flexibility index (Phi) is 6.33. The van der Waals surface area contributed by atoms with E-state index >= 15 is 0 Å². The maximum atomic E-state index is 13.1. The van der Waals surface area contributed by atoms with Gasteiger partial charge in [-0.1, -0.05) is 11.8 Å². The Balaban J connectivity index is 5.16. The first-order chi connectivity index (χ1) is 9.06. The van der Waals surface area contributed by atoms with Crippen LogP contribution in [0.2, 0.25) is 0 Å². The molecule has 0 heterocycles. The zero-order chi connectivity index (χ0) is 17.3. The third kappa shape index (κ3) is 4.57. The summed E-state index contributed by atoms with van der Waals surface area (Å²) in [5.41, 5.74) is 0. The van der Waals surface area contributed by atoms with Crippen molar-refractivity contribution in [2.75, 3.05) is 5.75 Å². The fourth-order valence-corrected chi connectivity index (χ4v) is 2.00. The van der Waals surface area contributed by atoms with E-state index < -0.39 is 46.6 Å². The average Bonchev–Trinajstić information content (AvgIpc) is 2.23. The second-order valence-electron chi connectivity index (χ2n) is 3.95. The highest BCUT2D eigenvalue weighted by Gasteiger charge is 2.81. The molecule has 0 rings (SSSR count). The summed E-state index contributed by atoms with van der Waals surface area (Å²) < 4.78 is 112. The molecule has 0 aromatic rings. The highest BCUT2D eigenvalue weighted by atomic mass is 35.5. The number of hydrogen-bond donors (Lipinski definition) is 0. The molecule has 1 nitrogen and oxygen atoms in total. The maximum Gasteiger partial charge on any atom is 0.460 e. The first-order valence-electron chi connectivity index (χ1n) is 5.04. The number of alkyl halides is 10. The highest BCUT2D eigenvalue weighted by Crippen LogP contribution is 2.54. The lowest BCUT2D eigenvalue weighted by Gasteiger charge is -2.34. The molecule has 12 heteroatoms. The topological polar surface area (TPSA) is 17.1 Å². The van der Waals surface area contributed by atoms with Crippen molar-refractivity contribution in [3.8, 4) is 0 Å². The van der Waals surface area contributed by atoms with Crippen molar-refractivity contribution in [1.29, 1.82) is 0 Å². The molecule has 0 aliphatic carbocycles. The van der Waals surface area contributed by atoms with Crippen molar-refractivity contribution in [3.05, 3.63) is 0 Å². The summed E-state index contributed by atoms with van der Waals surface area (Å²) in [6.45, 7) is 0.999. The number of rotatable bonds is 6. The van der Waals surface area contributed by atoms with Gasteiger partial charge in [-0.3, -0.25) is 4.79 Å². The average molecular weight is 371 g/mol. The number of halogens is 10. The fourth-order valence-electron chi connectivity index (χ4n) is 1.08. The van der Waals surface area contributed by atoms with Gasteiger partial charge in [-0.2, -0.15) is 39.5 Å². The van der Waals surface area contributed by atoms with Crippen LogP contribution >= 0.6 is 23.4 Å². The molecule has 0 aliphatic heterocycles. The SMILES string of the molecule is CC(=O)SCC(Cl)CC(F)(F)C(F)(F)C(F)(F)C(F)(F)F. The maximum absolute atomic E-state index is 13.1. The largest absolute Gasteiger partial charge is 0.460 e. The minimum absolute atomic E-state index is 0.345. The first kappa shape index (κ1) is 20.7. The molecule has 126 valence electrons. The lowest BCUT2D eigenvalue weighted by molar-refractivity contribution is -0.396. The Hall–Kier alpha value is -0.320. The van der Waals surface area contributed by atoms with Gasteiger partial charge < -0.3 is 0 Å². The number of hydrogen-bond acceptors (Lipinski definition) is 2. The molecule has 0 aliphatic rings. The molecular formula is C9H8ClF9OS. The highest BCUT2D eigenvalue weighted by molar-refractivity contribution is 8.13. The van der Waals surface area contributed by atoms with Gasteiger partial charge in [0.2, 0.25) is 0 Å². The third-order valence-electron chi connectivity index (χ3n) is 2.16. The van der Waals surface area contributed by atoms with E-state index in [1.165, 1.54) is 0 Å². The molecule has 0 N–H and O–H groups in total. The Labute approximate surface area is 122 Å². The first-order valence-corrected chi connectivity index (χ1v) is 6.46. The predicted molar refractivity (Wildman–Crippen MR) is 58.3 cm³/mol. The van der Waals surface area contributed by atoms with Crippen LogP contribution in [0, 0.1) is 0 Å². The lowest BCUT2D eigenvalue weighted by atomic mass is 10.00. The van der Waals surface area contributed by atoms with E-state index in [2.05, 4.69) is 0 Å². The standard InChI is InChI=1S/C9H8ClF9OS/c1-4(20)21-3-5(10)2-6(11,12)7(13,14)8(15,16)9(17,18)19/h5H,2-3H2,1H3. The van der Waals surface area contributed by atoms with Gasteiger partial charge in [0.15, 0.2) is 5.12 Å². The minimum atomic E-state index is -6.92. The Morgan fingerprint density at radius 3 is 1.76 bits per heavy atom. The molecule has 21 heavy (non-hydrogen) atoms. The van der Waals surface area contributed by atoms with Gasteiger partial charge in [0.05, 0.1) is 0 Å². The lowest BCUT2D eigenvalue weighted by Crippen LogP contribution is -2.61. The van der Waals surface area contributed by atoms with E-state index in [0.717, 1.165) is 6.92 Å². The summed E-state index contributed by atoms with van der Waals surface area (Å²) in [5, 5.41) is -2.51. The molecule has 0 aromatic carbocycles. The van der Waals surface area contributed by atoms with Gasteiger partial charge in [-0.05, 0) is 0 Å². The predicted octanol–water partition coefficient (Wildman–Crippen LogP) is 4.73. The molecule has 1 atom stereocenters. The molecule has 0 spiro atoms. The Morgan fingerprint density at radius 1 is 1.00 bits per heavy atom. The van der Waals surface area contributed by atoms with E-state index in [1.54, 1.807) is 0 Å². The van der Waals surface area contributed by atoms with Crippen molar-refractivity contribution in [1.82, 2.24) is 0 Å². The summed E-state index contributed by atoms with van der Waals surface area (Å²) in [5.74, 6) is -19.9. The van der Waals surface area contributed by atoms with Gasteiger partial charge >= 0.3 is 23.9 Å². The van der Waals surface area contributed by atoms with Crippen LogP contribution < -0.4 is 0 Å². The van der Waals surface area contributed by atoms with Crippen molar-refractivity contribution in [2.24, 2.45) is 0 Å². The van der Waals surface area contributed by atoms with Crippen LogP contribution in [-0.4, -0.2) is 40.2 Å². The molecule has 0 radical (unpaired) electrons. The molecule has 0 bridgehead atoms. The summed E-state index contributed by atoms with van der Waals surface area (Å²) in [7, 11) is 0. The summed E-state index contributed by atoms with van der Waals surface area (Å²) in [6, 6.07) is 0. The molecule has 0 aromatic heterocycles. The van der Waals surface area contributed by atoms with Crippen LogP contribution in [0.15, 0.2) is 0 Å². The minimum Gasteiger partial charge on any atom is -0.288 e. The van der Waals surface area contributed by atoms with Gasteiger partial charge in [0.1, 0.15) is 0 Å². The van der Waals surface area contributed by atoms with Crippen LogP contribution in [0.5, 0.6) is 0 Å². The molecule has 0 fully saturated rings. The van der Waals surface area contributed by atoms with Crippen molar-refractivity contribution in [3.63, 3.8) is 0 Å². The Morgan fingerprint density at radius 2 is 1.43 bits per heavy atom. The van der Waals surface area contributed by atoms with Gasteiger partial charge in [0.25, 0.3) is 0 Å². The van der Waals surface area contributed by atoms with E-state index in [0.29, 0.717) is 11.8 Å². The monoisotopic (exact) mass is 370 g/mol. The number of thioether (sulfide) groups is 1. The molecule has 1 unspecified atom stereocenters. The van der Waals surface area contributed by atoms with Gasteiger partial charge in [-0.25, -0.2) is 0 Å². The summed E-state index contributed by atoms with van der Waals surface area (Å²) in [4.78, 5) is 10.5. The van der Waals surface area contributed by atoms with Crippen LogP contribution in [0.1, 0.15) is 13.3 Å². The number of carbonyl (C=O) groups is 1.